The Kier molecular flexibility index (Phi) is 4.96. The summed E-state index contributed by atoms with van der Waals surface area (Å²) in [5, 5.41) is 4.21. The van der Waals surface area contributed by atoms with Crippen LogP contribution in [0.2, 0.25) is 0 Å². The Labute approximate surface area is 214 Å². The monoisotopic (exact) mass is 501 g/mol. The van der Waals surface area contributed by atoms with Gasteiger partial charge in [0.25, 0.3) is 0 Å². The summed E-state index contributed by atoms with van der Waals surface area (Å²) in [4.78, 5) is 20.3. The van der Waals surface area contributed by atoms with Crippen molar-refractivity contribution in [2.75, 3.05) is 11.4 Å². The lowest BCUT2D eigenvalue weighted by molar-refractivity contribution is 0.482. The molecule has 1 aliphatic heterocycles. The van der Waals surface area contributed by atoms with E-state index in [-0.39, 0.29) is 16.9 Å². The van der Waals surface area contributed by atoms with Crippen LogP contribution >= 0.6 is 0 Å². The first kappa shape index (κ1) is 23.5. The molecule has 1 fully saturated rings. The number of halogens is 1. The van der Waals surface area contributed by atoms with E-state index in [1.54, 1.807) is 39.3 Å². The van der Waals surface area contributed by atoms with Crippen LogP contribution in [-0.4, -0.2) is 41.1 Å². The lowest BCUT2D eigenvalue weighted by atomic mass is 9.95. The molecule has 37 heavy (non-hydrogen) atoms. The molecule has 0 bridgehead atoms. The highest BCUT2D eigenvalue weighted by molar-refractivity contribution is 5.94. The van der Waals surface area contributed by atoms with Gasteiger partial charge in [0.2, 0.25) is 0 Å². The first-order valence-corrected chi connectivity index (χ1v) is 12.6. The first-order valence-electron chi connectivity index (χ1n) is 12.6. The molecule has 0 saturated carbocycles. The molecular formula is C28H32FN7O. The highest BCUT2D eigenvalue weighted by atomic mass is 19.1. The number of hydrogen-bond donors (Lipinski definition) is 0. The summed E-state index contributed by atoms with van der Waals surface area (Å²) in [5.74, 6) is 0.500. The van der Waals surface area contributed by atoms with E-state index in [4.69, 9.17) is 4.98 Å². The van der Waals surface area contributed by atoms with Crippen molar-refractivity contribution in [2.24, 2.45) is 21.1 Å². The first-order chi connectivity index (χ1) is 17.5. The maximum atomic E-state index is 15.6. The van der Waals surface area contributed by atoms with E-state index in [0.29, 0.717) is 28.2 Å². The maximum absolute atomic E-state index is 15.6. The topological polar surface area (TPSA) is 65.8 Å². The zero-order valence-corrected chi connectivity index (χ0v) is 22.4. The minimum atomic E-state index is -0.327. The molecule has 2 aromatic carbocycles. The van der Waals surface area contributed by atoms with Gasteiger partial charge in [0, 0.05) is 62.5 Å². The van der Waals surface area contributed by atoms with E-state index in [1.807, 2.05) is 26.2 Å². The average Bonchev–Trinajstić information content (AvgIpc) is 3.48. The molecule has 3 aromatic heterocycles. The Morgan fingerprint density at radius 2 is 1.78 bits per heavy atom. The van der Waals surface area contributed by atoms with Gasteiger partial charge in [-0.15, -0.1) is 0 Å². The van der Waals surface area contributed by atoms with Gasteiger partial charge in [-0.3, -0.25) is 18.4 Å². The predicted octanol–water partition coefficient (Wildman–Crippen LogP) is 4.65. The Morgan fingerprint density at radius 3 is 2.38 bits per heavy atom. The molecular weight excluding hydrogens is 469 g/mol. The summed E-state index contributed by atoms with van der Waals surface area (Å²) >= 11 is 0. The van der Waals surface area contributed by atoms with Crippen molar-refractivity contribution in [2.45, 2.75) is 45.6 Å². The summed E-state index contributed by atoms with van der Waals surface area (Å²) in [5.41, 5.74) is 5.84. The third-order valence-electron chi connectivity index (χ3n) is 7.64. The third-order valence-corrected chi connectivity index (χ3v) is 7.64. The molecule has 192 valence electrons. The van der Waals surface area contributed by atoms with E-state index in [1.165, 1.54) is 0 Å². The fourth-order valence-electron chi connectivity index (χ4n) is 5.48. The van der Waals surface area contributed by atoms with Crippen molar-refractivity contribution in [3.63, 3.8) is 0 Å². The maximum Gasteiger partial charge on any atom is 0.328 e. The van der Waals surface area contributed by atoms with Crippen LogP contribution in [0.1, 0.15) is 39.9 Å². The second-order valence-electron chi connectivity index (χ2n) is 11.3. The molecule has 0 radical (unpaired) electrons. The van der Waals surface area contributed by atoms with Gasteiger partial charge in [0.1, 0.15) is 11.6 Å². The smallest absolute Gasteiger partial charge is 0.328 e. The van der Waals surface area contributed by atoms with Gasteiger partial charge >= 0.3 is 5.69 Å². The second-order valence-corrected chi connectivity index (χ2v) is 11.3. The van der Waals surface area contributed by atoms with Gasteiger partial charge in [-0.2, -0.15) is 5.10 Å². The van der Waals surface area contributed by atoms with Crippen molar-refractivity contribution in [1.29, 1.82) is 0 Å². The van der Waals surface area contributed by atoms with Crippen molar-refractivity contribution >= 4 is 27.8 Å². The molecule has 5 aromatic rings. The molecule has 1 aliphatic rings. The van der Waals surface area contributed by atoms with Gasteiger partial charge in [-0.1, -0.05) is 20.8 Å². The molecule has 0 amide bonds. The lowest BCUT2D eigenvalue weighted by Gasteiger charge is -2.41. The van der Waals surface area contributed by atoms with Crippen molar-refractivity contribution in [3.05, 3.63) is 58.8 Å². The number of anilines is 1. The molecule has 9 heteroatoms. The Morgan fingerprint density at radius 1 is 1.03 bits per heavy atom. The van der Waals surface area contributed by atoms with Crippen LogP contribution < -0.4 is 10.6 Å². The number of imidazole rings is 2. The van der Waals surface area contributed by atoms with Crippen molar-refractivity contribution in [3.8, 4) is 16.8 Å². The van der Waals surface area contributed by atoms with E-state index >= 15 is 4.39 Å². The zero-order valence-electron chi connectivity index (χ0n) is 22.4. The van der Waals surface area contributed by atoms with Gasteiger partial charge in [-0.25, -0.2) is 14.2 Å². The van der Waals surface area contributed by atoms with Crippen LogP contribution in [0.25, 0.3) is 38.9 Å². The summed E-state index contributed by atoms with van der Waals surface area (Å²) < 4.78 is 22.7. The van der Waals surface area contributed by atoms with Crippen LogP contribution in [-0.2, 0) is 26.6 Å². The van der Waals surface area contributed by atoms with Crippen molar-refractivity contribution in [1.82, 2.24) is 28.5 Å². The standard InChI is InChI=1S/C28H32FN7O/c1-16-8-9-35(16)24-11-18(10-23-25(24)34(7)27(37)33(23)6)36-22-13-20(29)19(17-14-30-32(5)15-17)12-21(22)31-26(36)28(2,3)4/h10-16H,8-9H2,1-7H3/t16-/m1/s1. The number of nitrogens with zero attached hydrogens (tertiary/aromatic N) is 7. The lowest BCUT2D eigenvalue weighted by Crippen LogP contribution is -2.46. The Balaban J connectivity index is 1.67. The largest absolute Gasteiger partial charge is 0.367 e. The zero-order chi connectivity index (χ0) is 26.4. The minimum Gasteiger partial charge on any atom is -0.367 e. The predicted molar refractivity (Wildman–Crippen MR) is 145 cm³/mol. The molecule has 0 unspecified atom stereocenters. The fraction of sp³-hybridized carbons (Fsp3) is 0.393. The van der Waals surface area contributed by atoms with Gasteiger partial charge in [0.15, 0.2) is 0 Å². The third kappa shape index (κ3) is 3.43. The fourth-order valence-corrected chi connectivity index (χ4v) is 5.48. The molecule has 6 rings (SSSR count). The summed E-state index contributed by atoms with van der Waals surface area (Å²) in [6.07, 6.45) is 4.57. The number of benzene rings is 2. The van der Waals surface area contributed by atoms with Crippen LogP contribution in [0, 0.1) is 5.82 Å². The molecule has 4 heterocycles. The SMILES string of the molecule is C[C@@H]1CCN1c1cc(-n2c(C(C)(C)C)nc3cc(-c4cnn(C)c4)c(F)cc32)cc2c1n(C)c(=O)n2C. The molecule has 1 atom stereocenters. The van der Waals surface area contributed by atoms with E-state index in [0.717, 1.165) is 41.2 Å². The number of rotatable bonds is 3. The Hall–Kier alpha value is -3.88. The summed E-state index contributed by atoms with van der Waals surface area (Å²) in [6.45, 7) is 9.46. The van der Waals surface area contributed by atoms with Gasteiger partial charge < -0.3 is 4.90 Å². The van der Waals surface area contributed by atoms with E-state index in [2.05, 4.69) is 48.3 Å². The molecule has 8 nitrogen and oxygen atoms in total. The van der Waals surface area contributed by atoms with Crippen molar-refractivity contribution < 1.29 is 4.39 Å². The number of hydrogen-bond acceptors (Lipinski definition) is 4. The number of aromatic nitrogens is 6. The second kappa shape index (κ2) is 7.81. The molecule has 0 N–H and O–H groups in total. The van der Waals surface area contributed by atoms with Gasteiger partial charge in [-0.05, 0) is 31.5 Å². The van der Waals surface area contributed by atoms with E-state index < -0.39 is 0 Å². The van der Waals surface area contributed by atoms with Crippen LogP contribution in [0.3, 0.4) is 0 Å². The minimum absolute atomic E-state index is 0.0692. The van der Waals surface area contributed by atoms with Crippen LogP contribution in [0.15, 0.2) is 41.5 Å². The highest BCUT2D eigenvalue weighted by Crippen LogP contribution is 2.38. The highest BCUT2D eigenvalue weighted by Gasteiger charge is 2.30. The summed E-state index contributed by atoms with van der Waals surface area (Å²) in [6, 6.07) is 7.91. The number of aryl methyl sites for hydroxylation is 3. The van der Waals surface area contributed by atoms with E-state index in [9.17, 15) is 4.79 Å². The Bertz CT molecular complexity index is 1760. The quantitative estimate of drug-likeness (QED) is 0.361. The van der Waals surface area contributed by atoms with Gasteiger partial charge in [0.05, 0.1) is 39.6 Å². The molecule has 0 aliphatic carbocycles. The summed E-state index contributed by atoms with van der Waals surface area (Å²) in [7, 11) is 5.44. The van der Waals surface area contributed by atoms with Crippen LogP contribution in [0.5, 0.6) is 0 Å². The number of fused-ring (bicyclic) bond motifs is 2. The molecule has 0 spiro atoms. The van der Waals surface area contributed by atoms with Crippen LogP contribution in [0.4, 0.5) is 10.1 Å². The average molecular weight is 502 g/mol. The normalized spacial score (nSPS) is 16.2. The molecule has 1 saturated heterocycles.